The van der Waals surface area contributed by atoms with Gasteiger partial charge in [-0.05, 0) is 39.3 Å². The third-order valence-electron chi connectivity index (χ3n) is 4.86. The second-order valence-electron chi connectivity index (χ2n) is 7.51. The van der Waals surface area contributed by atoms with Gasteiger partial charge in [0.2, 0.25) is 0 Å². The first-order chi connectivity index (χ1) is 11.6. The van der Waals surface area contributed by atoms with Gasteiger partial charge in [0.15, 0.2) is 0 Å². The summed E-state index contributed by atoms with van der Waals surface area (Å²) in [7, 11) is -6.63. The molecule has 8 heteroatoms. The number of aryl methyl sites for hydroxylation is 1. The lowest BCUT2D eigenvalue weighted by Crippen LogP contribution is -2.46. The Morgan fingerprint density at radius 2 is 1.80 bits per heavy atom. The number of benzene rings is 1. The number of ether oxygens (including phenoxy) is 1. The first kappa shape index (κ1) is 18.8. The maximum atomic E-state index is 12.9. The van der Waals surface area contributed by atoms with Crippen LogP contribution in [0.3, 0.4) is 0 Å². The predicted octanol–water partition coefficient (Wildman–Crippen LogP) is 2.03. The highest BCUT2D eigenvalue weighted by Crippen LogP contribution is 2.29. The zero-order valence-corrected chi connectivity index (χ0v) is 16.6. The molecule has 0 aromatic heterocycles. The fourth-order valence-electron chi connectivity index (χ4n) is 3.35. The maximum Gasteiger partial charge on any atom is 0.290 e. The summed E-state index contributed by atoms with van der Waals surface area (Å²) in [5.74, 6) is 0.573. The Hall–Kier alpha value is -0.960. The summed E-state index contributed by atoms with van der Waals surface area (Å²) in [6.45, 7) is 7.89. The molecule has 1 aromatic rings. The van der Waals surface area contributed by atoms with Crippen molar-refractivity contribution >= 4 is 19.8 Å². The molecule has 2 aliphatic rings. The normalized spacial score (nSPS) is 26.4. The lowest BCUT2D eigenvalue weighted by atomic mass is 10.0. The third kappa shape index (κ3) is 4.42. The van der Waals surface area contributed by atoms with Crippen LogP contribution in [-0.4, -0.2) is 60.4 Å². The average Bonchev–Trinajstić information content (AvgIpc) is 2.87. The molecule has 2 aliphatic heterocycles. The van der Waals surface area contributed by atoms with Gasteiger partial charge in [-0.1, -0.05) is 17.7 Å². The summed E-state index contributed by atoms with van der Waals surface area (Å²) in [4.78, 5) is 2.36. The third-order valence-corrected chi connectivity index (χ3v) is 9.24. The van der Waals surface area contributed by atoms with Gasteiger partial charge in [-0.2, -0.15) is 8.42 Å². The summed E-state index contributed by atoms with van der Waals surface area (Å²) in [6, 6.07) is 6.79. The van der Waals surface area contributed by atoms with Crippen molar-refractivity contribution in [2.75, 3.05) is 31.2 Å². The average molecular weight is 387 g/mol. The van der Waals surface area contributed by atoms with Crippen LogP contribution >= 0.6 is 0 Å². The molecular formula is C17H26N2O4S2. The second-order valence-corrected chi connectivity index (χ2v) is 11.9. The van der Waals surface area contributed by atoms with Gasteiger partial charge in [-0.25, -0.2) is 4.21 Å². The Morgan fingerprint density at radius 1 is 1.20 bits per heavy atom. The number of sulfonamides is 1. The standard InChI is InChI=1S/C17H26N2O4S2/c1-14-4-6-16(7-5-14)25(21,22)18-24(20)10-8-19(9-11-24)15-12-17(2,3)23-13-15/h4-7,15H,8-13H2,1-3H3. The maximum absolute atomic E-state index is 12.9. The number of rotatable bonds is 3. The minimum atomic E-state index is -3.88. The van der Waals surface area contributed by atoms with Crippen molar-refractivity contribution < 1.29 is 17.4 Å². The van der Waals surface area contributed by atoms with Gasteiger partial charge < -0.3 is 4.74 Å². The van der Waals surface area contributed by atoms with Gasteiger partial charge in [-0.15, -0.1) is 3.77 Å². The van der Waals surface area contributed by atoms with E-state index in [1.54, 1.807) is 12.1 Å². The van der Waals surface area contributed by atoms with Crippen LogP contribution < -0.4 is 0 Å². The molecule has 140 valence electrons. The fourth-order valence-corrected chi connectivity index (χ4v) is 7.44. The molecule has 1 unspecified atom stereocenters. The van der Waals surface area contributed by atoms with E-state index in [4.69, 9.17) is 4.74 Å². The summed E-state index contributed by atoms with van der Waals surface area (Å²) in [5, 5.41) is 0. The van der Waals surface area contributed by atoms with Crippen LogP contribution in [0.1, 0.15) is 25.8 Å². The number of hydrogen-bond donors (Lipinski definition) is 0. The molecule has 25 heavy (non-hydrogen) atoms. The molecule has 0 saturated carbocycles. The quantitative estimate of drug-likeness (QED) is 0.794. The highest BCUT2D eigenvalue weighted by atomic mass is 32.3. The molecule has 3 rings (SSSR count). The number of hydrogen-bond acceptors (Lipinski definition) is 5. The molecular weight excluding hydrogens is 360 g/mol. The van der Waals surface area contributed by atoms with E-state index in [0.29, 0.717) is 25.7 Å². The molecule has 2 fully saturated rings. The highest BCUT2D eigenvalue weighted by Gasteiger charge is 2.37. The molecule has 0 radical (unpaired) electrons. The second kappa shape index (κ2) is 6.64. The van der Waals surface area contributed by atoms with Gasteiger partial charge in [-0.3, -0.25) is 4.90 Å². The highest BCUT2D eigenvalue weighted by molar-refractivity contribution is 8.03. The molecule has 1 aromatic carbocycles. The van der Waals surface area contributed by atoms with Crippen LogP contribution in [0.5, 0.6) is 0 Å². The van der Waals surface area contributed by atoms with E-state index in [0.717, 1.165) is 12.0 Å². The smallest absolute Gasteiger partial charge is 0.290 e. The minimum Gasteiger partial charge on any atom is -0.374 e. The molecule has 0 spiro atoms. The van der Waals surface area contributed by atoms with Crippen LogP contribution in [0, 0.1) is 6.92 Å². The van der Waals surface area contributed by atoms with Gasteiger partial charge in [0, 0.05) is 30.6 Å². The summed E-state index contributed by atoms with van der Waals surface area (Å²) in [6.07, 6.45) is 0.937. The van der Waals surface area contributed by atoms with Gasteiger partial charge in [0.25, 0.3) is 10.0 Å². The van der Waals surface area contributed by atoms with Gasteiger partial charge in [0.1, 0.15) is 0 Å². The molecule has 0 N–H and O–H groups in total. The van der Waals surface area contributed by atoms with Crippen molar-refractivity contribution in [2.45, 2.75) is 43.7 Å². The lowest BCUT2D eigenvalue weighted by Gasteiger charge is -2.32. The number of nitrogens with zero attached hydrogens (tertiary/aromatic N) is 2. The summed E-state index contributed by atoms with van der Waals surface area (Å²) in [5.41, 5.74) is 0.848. The van der Waals surface area contributed by atoms with Crippen molar-refractivity contribution in [3.63, 3.8) is 0 Å². The summed E-state index contributed by atoms with van der Waals surface area (Å²) >= 11 is 0. The topological polar surface area (TPSA) is 76.0 Å². The molecule has 1 atom stereocenters. The Balaban J connectivity index is 1.72. The van der Waals surface area contributed by atoms with E-state index >= 15 is 0 Å². The van der Waals surface area contributed by atoms with E-state index in [2.05, 4.69) is 22.5 Å². The monoisotopic (exact) mass is 386 g/mol. The van der Waals surface area contributed by atoms with Crippen LogP contribution in [0.4, 0.5) is 0 Å². The minimum absolute atomic E-state index is 0.106. The Bertz CT molecular complexity index is 839. The van der Waals surface area contributed by atoms with E-state index in [1.165, 1.54) is 12.1 Å². The van der Waals surface area contributed by atoms with E-state index in [1.807, 2.05) is 6.92 Å². The van der Waals surface area contributed by atoms with Crippen LogP contribution in [-0.2, 0) is 24.5 Å². The van der Waals surface area contributed by atoms with Crippen molar-refractivity contribution in [2.24, 2.45) is 3.77 Å². The molecule has 2 saturated heterocycles. The first-order valence-electron chi connectivity index (χ1n) is 8.52. The Labute approximate surface area is 150 Å². The largest absolute Gasteiger partial charge is 0.374 e. The lowest BCUT2D eigenvalue weighted by molar-refractivity contribution is 0.0331. The molecule has 0 amide bonds. The van der Waals surface area contributed by atoms with Crippen LogP contribution in [0.15, 0.2) is 32.9 Å². The van der Waals surface area contributed by atoms with Crippen LogP contribution in [0.2, 0.25) is 0 Å². The molecule has 0 aliphatic carbocycles. The zero-order valence-electron chi connectivity index (χ0n) is 15.0. The van der Waals surface area contributed by atoms with E-state index in [9.17, 15) is 12.6 Å². The van der Waals surface area contributed by atoms with Gasteiger partial charge in [0.05, 0.1) is 26.8 Å². The van der Waals surface area contributed by atoms with Crippen LogP contribution in [0.25, 0.3) is 0 Å². The van der Waals surface area contributed by atoms with Crippen molar-refractivity contribution in [1.29, 1.82) is 0 Å². The van der Waals surface area contributed by atoms with Crippen molar-refractivity contribution in [3.05, 3.63) is 29.8 Å². The fraction of sp³-hybridized carbons (Fsp3) is 0.647. The zero-order chi connectivity index (χ0) is 18.3. The van der Waals surface area contributed by atoms with Crippen molar-refractivity contribution in [1.82, 2.24) is 4.90 Å². The Kier molecular flexibility index (Phi) is 5.00. The molecule has 6 nitrogen and oxygen atoms in total. The van der Waals surface area contributed by atoms with E-state index < -0.39 is 19.8 Å². The summed E-state index contributed by atoms with van der Waals surface area (Å²) < 4.78 is 47.5. The van der Waals surface area contributed by atoms with Gasteiger partial charge >= 0.3 is 0 Å². The Morgan fingerprint density at radius 3 is 2.32 bits per heavy atom. The predicted molar refractivity (Wildman–Crippen MR) is 98.7 cm³/mol. The van der Waals surface area contributed by atoms with Crippen molar-refractivity contribution in [3.8, 4) is 0 Å². The SMILES string of the molecule is Cc1ccc(S(=O)(=O)N=S2(=O)CCN(C3COC(C)(C)C3)CC2)cc1. The molecule has 0 bridgehead atoms. The first-order valence-corrected chi connectivity index (χ1v) is 11.8. The van der Waals surface area contributed by atoms with E-state index in [-0.39, 0.29) is 22.0 Å². The molecule has 2 heterocycles.